The Morgan fingerprint density at radius 3 is 2.57 bits per heavy atom. The molecule has 0 saturated carbocycles. The Morgan fingerprint density at radius 1 is 1.10 bits per heavy atom. The average molecular weight is 424 g/mol. The predicted molar refractivity (Wildman–Crippen MR) is 109 cm³/mol. The van der Waals surface area contributed by atoms with Crippen LogP contribution in [0.5, 0.6) is 0 Å². The maximum Gasteiger partial charge on any atom is 0.297 e. The van der Waals surface area contributed by atoms with Crippen molar-refractivity contribution in [3.8, 4) is 0 Å². The number of benzene rings is 2. The fourth-order valence-corrected chi connectivity index (χ4v) is 4.63. The molecule has 0 fully saturated rings. The van der Waals surface area contributed by atoms with E-state index in [9.17, 15) is 18.4 Å². The number of aromatic nitrogens is 1. The topological polar surface area (TPSA) is 63.4 Å². The van der Waals surface area contributed by atoms with Crippen molar-refractivity contribution in [3.63, 3.8) is 0 Å². The van der Waals surface area contributed by atoms with Crippen LogP contribution in [0.4, 0.5) is 13.9 Å². The van der Waals surface area contributed by atoms with Gasteiger partial charge in [0.25, 0.3) is 5.91 Å². The first-order valence-electron chi connectivity index (χ1n) is 9.15. The second-order valence-corrected chi connectivity index (χ2v) is 8.23. The summed E-state index contributed by atoms with van der Waals surface area (Å²) in [5.74, 6) is -1.95. The molecule has 0 radical (unpaired) electrons. The predicted octanol–water partition coefficient (Wildman–Crippen LogP) is 4.89. The van der Waals surface area contributed by atoms with Crippen molar-refractivity contribution in [2.24, 2.45) is 0 Å². The van der Waals surface area contributed by atoms with Crippen LogP contribution >= 0.6 is 11.3 Å². The number of rotatable bonds is 2. The molecule has 0 aliphatic carbocycles. The first kappa shape index (κ1) is 18.6. The van der Waals surface area contributed by atoms with Crippen LogP contribution in [0.1, 0.15) is 38.3 Å². The molecule has 2 aromatic heterocycles. The molecule has 4 aromatic rings. The zero-order chi connectivity index (χ0) is 21.2. The van der Waals surface area contributed by atoms with Crippen LogP contribution in [0.2, 0.25) is 0 Å². The Balaban J connectivity index is 1.85. The van der Waals surface area contributed by atoms with Gasteiger partial charge in [0.2, 0.25) is 5.76 Å². The highest BCUT2D eigenvalue weighted by atomic mass is 32.1. The third kappa shape index (κ3) is 2.60. The van der Waals surface area contributed by atoms with Gasteiger partial charge in [-0.1, -0.05) is 18.2 Å². The lowest BCUT2D eigenvalue weighted by Gasteiger charge is -2.22. The molecule has 2 aromatic carbocycles. The minimum Gasteiger partial charge on any atom is -0.450 e. The van der Waals surface area contributed by atoms with Gasteiger partial charge in [0.05, 0.1) is 16.6 Å². The summed E-state index contributed by atoms with van der Waals surface area (Å²) in [7, 11) is 0. The summed E-state index contributed by atoms with van der Waals surface area (Å²) in [6, 6.07) is 8.37. The molecule has 5 nitrogen and oxygen atoms in total. The summed E-state index contributed by atoms with van der Waals surface area (Å²) >= 11 is 1.27. The van der Waals surface area contributed by atoms with E-state index in [1.807, 2.05) is 13.8 Å². The maximum absolute atomic E-state index is 14.8. The fraction of sp³-hybridized carbons (Fsp3) is 0.136. The number of thiazole rings is 1. The van der Waals surface area contributed by atoms with Crippen LogP contribution in [-0.2, 0) is 0 Å². The van der Waals surface area contributed by atoms with E-state index in [1.54, 1.807) is 6.07 Å². The van der Waals surface area contributed by atoms with Gasteiger partial charge in [0.15, 0.2) is 10.6 Å². The summed E-state index contributed by atoms with van der Waals surface area (Å²) in [6.07, 6.45) is 0. The number of nitrogens with zero attached hydrogens (tertiary/aromatic N) is 2. The van der Waals surface area contributed by atoms with Crippen molar-refractivity contribution >= 4 is 33.3 Å². The van der Waals surface area contributed by atoms with Gasteiger partial charge in [-0.05, 0) is 38.1 Å². The van der Waals surface area contributed by atoms with Crippen molar-refractivity contribution in [1.82, 2.24) is 4.98 Å². The number of halogens is 2. The van der Waals surface area contributed by atoms with Crippen molar-refractivity contribution in [2.45, 2.75) is 19.9 Å². The Kier molecular flexibility index (Phi) is 4.08. The number of hydrogen-bond acceptors (Lipinski definition) is 5. The second-order valence-electron chi connectivity index (χ2n) is 7.05. The van der Waals surface area contributed by atoms with Gasteiger partial charge in [0.1, 0.15) is 23.3 Å². The third-order valence-corrected chi connectivity index (χ3v) is 6.33. The number of anilines is 1. The number of carbonyl (C=O) groups excluding carboxylic acids is 1. The molecule has 30 heavy (non-hydrogen) atoms. The van der Waals surface area contributed by atoms with Gasteiger partial charge in [-0.25, -0.2) is 13.8 Å². The van der Waals surface area contributed by atoms with E-state index in [2.05, 4.69) is 4.98 Å². The summed E-state index contributed by atoms with van der Waals surface area (Å²) < 4.78 is 34.3. The normalized spacial score (nSPS) is 15.8. The van der Waals surface area contributed by atoms with E-state index in [0.717, 1.165) is 22.7 Å². The van der Waals surface area contributed by atoms with Gasteiger partial charge in [-0.15, -0.1) is 11.3 Å². The van der Waals surface area contributed by atoms with E-state index in [1.165, 1.54) is 40.5 Å². The molecule has 0 bridgehead atoms. The molecular formula is C22H14F2N2O3S. The summed E-state index contributed by atoms with van der Waals surface area (Å²) in [6.45, 7) is 3.67. The maximum atomic E-state index is 14.8. The highest BCUT2D eigenvalue weighted by molar-refractivity contribution is 7.15. The monoisotopic (exact) mass is 424 g/mol. The van der Waals surface area contributed by atoms with Gasteiger partial charge >= 0.3 is 0 Å². The Bertz CT molecular complexity index is 1390. The van der Waals surface area contributed by atoms with Gasteiger partial charge in [-0.3, -0.25) is 14.5 Å². The molecule has 0 spiro atoms. The minimum absolute atomic E-state index is 0.00348. The zero-order valence-electron chi connectivity index (χ0n) is 15.9. The van der Waals surface area contributed by atoms with E-state index >= 15 is 0 Å². The van der Waals surface area contributed by atoms with Crippen LogP contribution in [0, 0.1) is 25.5 Å². The molecule has 1 amide bonds. The third-order valence-electron chi connectivity index (χ3n) is 5.26. The van der Waals surface area contributed by atoms with Gasteiger partial charge < -0.3 is 4.42 Å². The summed E-state index contributed by atoms with van der Waals surface area (Å²) in [5, 5.41) is 0.334. The molecule has 5 rings (SSSR count). The average Bonchev–Trinajstić information content (AvgIpc) is 3.19. The Hall–Kier alpha value is -3.39. The van der Waals surface area contributed by atoms with Crippen LogP contribution in [0.25, 0.3) is 11.0 Å². The van der Waals surface area contributed by atoms with Crippen molar-refractivity contribution in [3.05, 3.63) is 91.8 Å². The van der Waals surface area contributed by atoms with Crippen LogP contribution in [0.3, 0.4) is 0 Å². The Labute approximate surface area is 173 Å². The van der Waals surface area contributed by atoms with E-state index in [-0.39, 0.29) is 27.9 Å². The quantitative estimate of drug-likeness (QED) is 0.459. The van der Waals surface area contributed by atoms with Crippen molar-refractivity contribution in [1.29, 1.82) is 0 Å². The van der Waals surface area contributed by atoms with Crippen LogP contribution in [0.15, 0.2) is 51.7 Å². The smallest absolute Gasteiger partial charge is 0.297 e. The lowest BCUT2D eigenvalue weighted by atomic mass is 9.98. The minimum atomic E-state index is -1.07. The molecule has 1 atom stereocenters. The van der Waals surface area contributed by atoms with Gasteiger partial charge in [-0.2, -0.15) is 0 Å². The van der Waals surface area contributed by atoms with E-state index < -0.39 is 29.0 Å². The zero-order valence-corrected chi connectivity index (χ0v) is 16.7. The van der Waals surface area contributed by atoms with Crippen LogP contribution < -0.4 is 10.3 Å². The van der Waals surface area contributed by atoms with Crippen molar-refractivity contribution in [2.75, 3.05) is 4.90 Å². The molecule has 0 N–H and O–H groups in total. The largest absolute Gasteiger partial charge is 0.450 e. The van der Waals surface area contributed by atoms with Crippen molar-refractivity contribution < 1.29 is 18.0 Å². The molecule has 8 heteroatoms. The number of carbonyl (C=O) groups is 1. The lowest BCUT2D eigenvalue weighted by molar-refractivity contribution is 0.0970. The molecule has 1 aliphatic heterocycles. The van der Waals surface area contributed by atoms with Gasteiger partial charge in [0, 0.05) is 10.4 Å². The SMILES string of the molecule is Cc1nc(N2C(=O)c3oc4ccc(F)cc4c(=O)c3C2c2ccccc2F)sc1C. The molecular weight excluding hydrogens is 410 g/mol. The number of fused-ring (bicyclic) bond motifs is 2. The molecule has 3 heterocycles. The lowest BCUT2D eigenvalue weighted by Crippen LogP contribution is -2.30. The molecule has 1 aliphatic rings. The Morgan fingerprint density at radius 2 is 1.87 bits per heavy atom. The number of aryl methyl sites for hydroxylation is 2. The number of hydrogen-bond donors (Lipinski definition) is 0. The fourth-order valence-electron chi connectivity index (χ4n) is 3.69. The molecule has 0 saturated heterocycles. The molecule has 150 valence electrons. The number of amides is 1. The van der Waals surface area contributed by atoms with Crippen LogP contribution in [-0.4, -0.2) is 10.9 Å². The van der Waals surface area contributed by atoms with E-state index in [0.29, 0.717) is 5.13 Å². The second kappa shape index (κ2) is 6.56. The summed E-state index contributed by atoms with van der Waals surface area (Å²) in [4.78, 5) is 33.3. The first-order chi connectivity index (χ1) is 14.4. The highest BCUT2D eigenvalue weighted by Gasteiger charge is 2.45. The highest BCUT2D eigenvalue weighted by Crippen LogP contribution is 2.43. The summed E-state index contributed by atoms with van der Waals surface area (Å²) in [5.41, 5.74) is 0.374. The first-order valence-corrected chi connectivity index (χ1v) is 9.96. The van der Waals surface area contributed by atoms with E-state index in [4.69, 9.17) is 4.42 Å². The standard InChI is InChI=1S/C22H14F2N2O3S/c1-10-11(2)30-22(25-10)26-18(13-5-3-4-6-15(13)24)17-19(27)14-9-12(23)7-8-16(14)29-20(17)21(26)28/h3-9,18H,1-2H3. The molecule has 1 unspecified atom stereocenters.